The van der Waals surface area contributed by atoms with Crippen molar-refractivity contribution in [3.63, 3.8) is 0 Å². The quantitative estimate of drug-likeness (QED) is 0.565. The minimum absolute atomic E-state index is 0.0470. The summed E-state index contributed by atoms with van der Waals surface area (Å²) in [4.78, 5) is 13.2. The molecule has 0 saturated heterocycles. The number of hydrogen-bond acceptors (Lipinski definition) is 1. The lowest BCUT2D eigenvalue weighted by Gasteiger charge is -2.67. The second-order valence-electron chi connectivity index (χ2n) is 7.29. The van der Waals surface area contributed by atoms with E-state index in [2.05, 4.69) is 59.6 Å². The summed E-state index contributed by atoms with van der Waals surface area (Å²) in [5.41, 5.74) is 0.836. The lowest BCUT2D eigenvalue weighted by atomic mass is 9.37. The molecule has 0 aromatic rings. The van der Waals surface area contributed by atoms with Gasteiger partial charge < -0.3 is 0 Å². The normalized spacial score (nSPS) is 63.1. The summed E-state index contributed by atoms with van der Waals surface area (Å²) < 4.78 is 0. The molecule has 102 valence electrons. The summed E-state index contributed by atoms with van der Waals surface area (Å²) in [5.74, 6) is 1.07. The SMILES string of the molecule is C[C@H]1C(=O)[C@@H](Br)[C@H](C)[C@@]2(C)C[C@H](Br)[C@]3(C)CC[C@@]132. The Morgan fingerprint density at radius 1 is 1.11 bits per heavy atom. The maximum atomic E-state index is 12.6. The van der Waals surface area contributed by atoms with Crippen LogP contribution in [-0.4, -0.2) is 15.4 Å². The largest absolute Gasteiger partial charge is 0.298 e. The van der Waals surface area contributed by atoms with E-state index >= 15 is 0 Å². The fraction of sp³-hybridized carbons (Fsp3) is 0.933. The zero-order valence-electron chi connectivity index (χ0n) is 11.6. The van der Waals surface area contributed by atoms with E-state index in [1.165, 1.54) is 19.3 Å². The molecule has 0 bridgehead atoms. The van der Waals surface area contributed by atoms with Crippen LogP contribution in [0.15, 0.2) is 0 Å². The highest BCUT2D eigenvalue weighted by molar-refractivity contribution is 9.10. The van der Waals surface area contributed by atoms with E-state index in [0.717, 1.165) is 0 Å². The van der Waals surface area contributed by atoms with Crippen LogP contribution in [-0.2, 0) is 4.79 Å². The average Bonchev–Trinajstić information content (AvgIpc) is 2.42. The van der Waals surface area contributed by atoms with Gasteiger partial charge in [-0.1, -0.05) is 59.6 Å². The van der Waals surface area contributed by atoms with Crippen LogP contribution in [0.2, 0.25) is 0 Å². The lowest BCUT2D eigenvalue weighted by Crippen LogP contribution is -2.66. The molecule has 0 heterocycles. The molecule has 0 unspecified atom stereocenters. The van der Waals surface area contributed by atoms with Crippen LogP contribution >= 0.6 is 31.9 Å². The van der Waals surface area contributed by atoms with E-state index in [0.29, 0.717) is 21.9 Å². The van der Waals surface area contributed by atoms with Gasteiger partial charge in [-0.2, -0.15) is 0 Å². The molecular formula is C15H22Br2O. The Bertz CT molecular complexity index is 423. The van der Waals surface area contributed by atoms with Crippen molar-refractivity contribution in [2.45, 2.75) is 56.6 Å². The molecule has 0 N–H and O–H groups in total. The maximum Gasteiger partial charge on any atom is 0.150 e. The van der Waals surface area contributed by atoms with Gasteiger partial charge in [0, 0.05) is 10.7 Å². The third-order valence-electron chi connectivity index (χ3n) is 7.25. The predicted molar refractivity (Wildman–Crippen MR) is 81.3 cm³/mol. The van der Waals surface area contributed by atoms with Crippen molar-refractivity contribution in [1.29, 1.82) is 0 Å². The standard InChI is InChI=1S/C15H22Br2O/c1-8-11(17)12(18)9(2)15-6-5-13(15,3)10(16)7-14(8,15)4/h8-11H,5-7H2,1-4H3/t8-,9-,10-,11-,13-,14+,15+/m0/s1. The number of carbonyl (C=O) groups excluding carboxylic acids is 1. The number of hydrogen-bond donors (Lipinski definition) is 0. The topological polar surface area (TPSA) is 17.1 Å². The first-order chi connectivity index (χ1) is 8.22. The van der Waals surface area contributed by atoms with Crippen LogP contribution in [0.1, 0.15) is 47.0 Å². The van der Waals surface area contributed by atoms with Crippen LogP contribution < -0.4 is 0 Å². The molecule has 3 aliphatic rings. The van der Waals surface area contributed by atoms with E-state index in [1.807, 2.05) is 0 Å². The van der Waals surface area contributed by atoms with Crippen LogP contribution in [0.25, 0.3) is 0 Å². The number of Topliss-reactive ketones (excluding diaryl/α,β-unsaturated/α-hetero) is 1. The van der Waals surface area contributed by atoms with Crippen molar-refractivity contribution in [1.82, 2.24) is 0 Å². The molecule has 0 aliphatic heterocycles. The van der Waals surface area contributed by atoms with Gasteiger partial charge in [0.25, 0.3) is 0 Å². The number of alkyl halides is 2. The highest BCUT2D eigenvalue weighted by Crippen LogP contribution is 2.81. The molecule has 0 radical (unpaired) electrons. The summed E-state index contributed by atoms with van der Waals surface area (Å²) in [6.45, 7) is 9.30. The summed E-state index contributed by atoms with van der Waals surface area (Å²) in [6, 6.07) is 0. The van der Waals surface area contributed by atoms with Crippen LogP contribution in [0, 0.1) is 28.1 Å². The first kappa shape index (κ1) is 13.6. The van der Waals surface area contributed by atoms with Gasteiger partial charge in [-0.3, -0.25) is 4.79 Å². The molecule has 1 spiro atoms. The molecule has 0 aromatic heterocycles. The summed E-state index contributed by atoms with van der Waals surface area (Å²) in [6.07, 6.45) is 3.72. The summed E-state index contributed by atoms with van der Waals surface area (Å²) >= 11 is 7.61. The molecule has 1 nitrogen and oxygen atoms in total. The number of carbonyl (C=O) groups is 1. The van der Waals surface area contributed by atoms with Gasteiger partial charge in [-0.05, 0) is 41.4 Å². The average molecular weight is 378 g/mol. The highest BCUT2D eigenvalue weighted by Gasteiger charge is 2.77. The zero-order valence-corrected chi connectivity index (χ0v) is 14.8. The van der Waals surface area contributed by atoms with Crippen molar-refractivity contribution in [3.8, 4) is 0 Å². The van der Waals surface area contributed by atoms with Gasteiger partial charge in [0.05, 0.1) is 4.83 Å². The van der Waals surface area contributed by atoms with E-state index in [-0.39, 0.29) is 21.6 Å². The van der Waals surface area contributed by atoms with Crippen molar-refractivity contribution >= 4 is 37.6 Å². The number of halogens is 2. The first-order valence-electron chi connectivity index (χ1n) is 7.04. The minimum atomic E-state index is 0.0470. The van der Waals surface area contributed by atoms with Gasteiger partial charge in [-0.15, -0.1) is 0 Å². The van der Waals surface area contributed by atoms with E-state index < -0.39 is 0 Å². The van der Waals surface area contributed by atoms with E-state index in [9.17, 15) is 4.79 Å². The van der Waals surface area contributed by atoms with Gasteiger partial charge in [0.15, 0.2) is 0 Å². The smallest absolute Gasteiger partial charge is 0.150 e. The van der Waals surface area contributed by atoms with Crippen LogP contribution in [0.3, 0.4) is 0 Å². The first-order valence-corrected chi connectivity index (χ1v) is 8.87. The lowest BCUT2D eigenvalue weighted by molar-refractivity contribution is -0.189. The Labute approximate surface area is 127 Å². The maximum absolute atomic E-state index is 12.6. The van der Waals surface area contributed by atoms with Crippen molar-refractivity contribution < 1.29 is 4.79 Å². The fourth-order valence-electron chi connectivity index (χ4n) is 5.79. The third kappa shape index (κ3) is 1.11. The van der Waals surface area contributed by atoms with Crippen LogP contribution in [0.4, 0.5) is 0 Å². The predicted octanol–water partition coefficient (Wildman–Crippen LogP) is 4.56. The molecule has 0 aromatic carbocycles. The molecule has 3 rings (SSSR count). The van der Waals surface area contributed by atoms with Gasteiger partial charge >= 0.3 is 0 Å². The number of ketones is 1. The minimum Gasteiger partial charge on any atom is -0.298 e. The third-order valence-corrected chi connectivity index (χ3v) is 9.83. The Balaban J connectivity index is 2.18. The molecule has 3 heteroatoms. The summed E-state index contributed by atoms with van der Waals surface area (Å²) in [7, 11) is 0. The van der Waals surface area contributed by atoms with Crippen molar-refractivity contribution in [2.75, 3.05) is 0 Å². The zero-order chi connectivity index (χ0) is 13.5. The van der Waals surface area contributed by atoms with Gasteiger partial charge in [0.1, 0.15) is 5.78 Å². The molecule has 7 atom stereocenters. The monoisotopic (exact) mass is 376 g/mol. The molecule has 0 amide bonds. The molecule has 3 saturated carbocycles. The van der Waals surface area contributed by atoms with Gasteiger partial charge in [-0.25, -0.2) is 0 Å². The highest BCUT2D eigenvalue weighted by atomic mass is 79.9. The van der Waals surface area contributed by atoms with E-state index in [4.69, 9.17) is 0 Å². The summed E-state index contributed by atoms with van der Waals surface area (Å²) in [5, 5.41) is 0. The Hall–Kier alpha value is 0.630. The van der Waals surface area contributed by atoms with Crippen molar-refractivity contribution in [2.24, 2.45) is 28.1 Å². The second-order valence-corrected chi connectivity index (χ2v) is 9.38. The van der Waals surface area contributed by atoms with Crippen LogP contribution in [0.5, 0.6) is 0 Å². The Morgan fingerprint density at radius 3 is 2.22 bits per heavy atom. The Kier molecular flexibility index (Phi) is 2.75. The Morgan fingerprint density at radius 2 is 1.72 bits per heavy atom. The molecule has 3 fully saturated rings. The fourth-order valence-corrected chi connectivity index (χ4v) is 8.08. The number of rotatable bonds is 0. The second kappa shape index (κ2) is 3.63. The molecule has 3 aliphatic carbocycles. The molecule has 18 heavy (non-hydrogen) atoms. The molecular weight excluding hydrogens is 356 g/mol. The van der Waals surface area contributed by atoms with Gasteiger partial charge in [0.2, 0.25) is 0 Å². The van der Waals surface area contributed by atoms with E-state index in [1.54, 1.807) is 0 Å². The van der Waals surface area contributed by atoms with Crippen molar-refractivity contribution in [3.05, 3.63) is 0 Å².